The van der Waals surface area contributed by atoms with Gasteiger partial charge in [0, 0.05) is 36.8 Å². The second kappa shape index (κ2) is 7.51. The summed E-state index contributed by atoms with van der Waals surface area (Å²) in [5.74, 6) is 0.0880. The van der Waals surface area contributed by atoms with Crippen molar-refractivity contribution in [3.63, 3.8) is 0 Å². The monoisotopic (exact) mass is 396 g/mol. The number of piperidine rings is 1. The van der Waals surface area contributed by atoms with Crippen molar-refractivity contribution in [3.8, 4) is 11.3 Å². The lowest BCUT2D eigenvalue weighted by atomic mass is 9.95. The molecule has 4 rings (SSSR count). The van der Waals surface area contributed by atoms with Crippen molar-refractivity contribution in [2.45, 2.75) is 25.3 Å². The Balaban J connectivity index is 1.58. The zero-order valence-corrected chi connectivity index (χ0v) is 14.9. The van der Waals surface area contributed by atoms with Crippen molar-refractivity contribution >= 4 is 5.82 Å². The summed E-state index contributed by atoms with van der Waals surface area (Å²) in [5.41, 5.74) is -0.833. The van der Waals surface area contributed by atoms with Gasteiger partial charge in [0.2, 0.25) is 0 Å². The van der Waals surface area contributed by atoms with E-state index in [9.17, 15) is 18.0 Å². The Kier molecular flexibility index (Phi) is 5.07. The first kappa shape index (κ1) is 18.9. The molecule has 1 N–H and O–H groups in total. The van der Waals surface area contributed by atoms with Crippen LogP contribution in [-0.4, -0.2) is 47.8 Å². The first-order valence-corrected chi connectivity index (χ1v) is 9.03. The fraction of sp³-hybridized carbons (Fsp3) is 0.500. The molecular weight excluding hydrogens is 377 g/mol. The van der Waals surface area contributed by atoms with Crippen LogP contribution in [0.25, 0.3) is 11.3 Å². The maximum atomic E-state index is 13.7. The molecule has 0 unspecified atom stereocenters. The van der Waals surface area contributed by atoms with Gasteiger partial charge in [-0.05, 0) is 25.0 Å². The lowest BCUT2D eigenvalue weighted by Crippen LogP contribution is -2.39. The number of pyridine rings is 1. The van der Waals surface area contributed by atoms with Gasteiger partial charge in [0.05, 0.1) is 24.5 Å². The van der Waals surface area contributed by atoms with Crippen LogP contribution in [0.4, 0.5) is 19.0 Å². The fourth-order valence-corrected chi connectivity index (χ4v) is 3.60. The van der Waals surface area contributed by atoms with Crippen LogP contribution >= 0.6 is 0 Å². The predicted molar refractivity (Wildman–Crippen MR) is 93.7 cm³/mol. The van der Waals surface area contributed by atoms with Gasteiger partial charge in [-0.15, -0.1) is 0 Å². The zero-order chi connectivity index (χ0) is 19.7. The minimum absolute atomic E-state index is 0.0904. The molecule has 10 heteroatoms. The molecule has 0 atom stereocenters. The standard InChI is InChI=1S/C18H19F3N4O3/c19-18(20,21)13-9-12(14-1-2-15(26)24-23-14)10-22-16(13)25-5-3-11(4-6-25)17-27-7-8-28-17/h1-2,9-11,17H,3-8H2,(H,24,26). The molecule has 2 aromatic heterocycles. The van der Waals surface area contributed by atoms with E-state index >= 15 is 0 Å². The largest absolute Gasteiger partial charge is 0.419 e. The lowest BCUT2D eigenvalue weighted by molar-refractivity contribution is -0.137. The summed E-state index contributed by atoms with van der Waals surface area (Å²) in [5, 5.41) is 6.00. The Hall–Kier alpha value is -2.46. The van der Waals surface area contributed by atoms with E-state index in [1.807, 2.05) is 0 Å². The SMILES string of the molecule is O=c1ccc(-c2cnc(N3CCC(C4OCCO4)CC3)c(C(F)(F)F)c2)n[nH]1. The Labute approximate surface area is 158 Å². The molecule has 7 nitrogen and oxygen atoms in total. The smallest absolute Gasteiger partial charge is 0.356 e. The molecule has 0 saturated carbocycles. The number of hydrogen-bond donors (Lipinski definition) is 1. The quantitative estimate of drug-likeness (QED) is 0.859. The molecule has 150 valence electrons. The summed E-state index contributed by atoms with van der Waals surface area (Å²) in [6, 6.07) is 3.60. The molecule has 0 spiro atoms. The summed E-state index contributed by atoms with van der Waals surface area (Å²) in [7, 11) is 0. The van der Waals surface area contributed by atoms with Gasteiger partial charge in [-0.3, -0.25) is 4.79 Å². The predicted octanol–water partition coefficient (Wildman–Crippen LogP) is 2.44. The minimum Gasteiger partial charge on any atom is -0.356 e. The van der Waals surface area contributed by atoms with E-state index in [1.54, 1.807) is 4.90 Å². The molecule has 4 heterocycles. The molecule has 2 saturated heterocycles. The first-order valence-electron chi connectivity index (χ1n) is 9.03. The summed E-state index contributed by atoms with van der Waals surface area (Å²) < 4.78 is 52.1. The first-order chi connectivity index (χ1) is 13.4. The van der Waals surface area contributed by atoms with Crippen LogP contribution in [0.2, 0.25) is 0 Å². The second-order valence-electron chi connectivity index (χ2n) is 6.83. The van der Waals surface area contributed by atoms with Gasteiger partial charge in [0.1, 0.15) is 5.82 Å². The summed E-state index contributed by atoms with van der Waals surface area (Å²) >= 11 is 0. The summed E-state index contributed by atoms with van der Waals surface area (Å²) in [6.45, 7) is 2.01. The maximum Gasteiger partial charge on any atom is 0.419 e. The third-order valence-electron chi connectivity index (χ3n) is 5.02. The normalized spacial score (nSPS) is 19.3. The third kappa shape index (κ3) is 3.88. The van der Waals surface area contributed by atoms with Crippen LogP contribution in [0, 0.1) is 5.92 Å². The molecule has 0 aliphatic carbocycles. The summed E-state index contributed by atoms with van der Waals surface area (Å²) in [4.78, 5) is 16.9. The van der Waals surface area contributed by atoms with Crippen molar-refractivity contribution in [2.75, 3.05) is 31.2 Å². The Bertz CT molecular complexity index is 868. The number of aromatic amines is 1. The zero-order valence-electron chi connectivity index (χ0n) is 14.9. The molecular formula is C18H19F3N4O3. The van der Waals surface area contributed by atoms with Gasteiger partial charge in [-0.25, -0.2) is 10.1 Å². The van der Waals surface area contributed by atoms with Gasteiger partial charge in [0.15, 0.2) is 6.29 Å². The Morgan fingerprint density at radius 3 is 2.46 bits per heavy atom. The molecule has 2 aromatic rings. The number of H-pyrrole nitrogens is 1. The van der Waals surface area contributed by atoms with E-state index in [1.165, 1.54) is 18.3 Å². The Morgan fingerprint density at radius 1 is 1.14 bits per heavy atom. The van der Waals surface area contributed by atoms with Crippen molar-refractivity contribution in [3.05, 3.63) is 40.3 Å². The number of nitrogens with one attached hydrogen (secondary N) is 1. The summed E-state index contributed by atoms with van der Waals surface area (Å²) in [6.07, 6.45) is -2.12. The number of halogens is 3. The average Bonchev–Trinajstić information content (AvgIpc) is 3.22. The number of ether oxygens (including phenoxy) is 2. The van der Waals surface area contributed by atoms with E-state index < -0.39 is 17.3 Å². The lowest BCUT2D eigenvalue weighted by Gasteiger charge is -2.35. The van der Waals surface area contributed by atoms with Crippen molar-refractivity contribution in [1.82, 2.24) is 15.2 Å². The van der Waals surface area contributed by atoms with E-state index in [0.717, 1.165) is 6.07 Å². The second-order valence-corrected chi connectivity index (χ2v) is 6.83. The number of aromatic nitrogens is 3. The topological polar surface area (TPSA) is 80.3 Å². The Morgan fingerprint density at radius 2 is 1.86 bits per heavy atom. The van der Waals surface area contributed by atoms with Gasteiger partial charge < -0.3 is 14.4 Å². The molecule has 0 bridgehead atoms. The van der Waals surface area contributed by atoms with Crippen molar-refractivity contribution in [2.24, 2.45) is 5.92 Å². The maximum absolute atomic E-state index is 13.7. The molecule has 28 heavy (non-hydrogen) atoms. The van der Waals surface area contributed by atoms with Crippen LogP contribution in [0.1, 0.15) is 18.4 Å². The van der Waals surface area contributed by atoms with E-state index in [0.29, 0.717) is 39.1 Å². The number of hydrogen-bond acceptors (Lipinski definition) is 6. The number of anilines is 1. The highest BCUT2D eigenvalue weighted by molar-refractivity contribution is 5.63. The highest BCUT2D eigenvalue weighted by atomic mass is 19.4. The fourth-order valence-electron chi connectivity index (χ4n) is 3.60. The highest BCUT2D eigenvalue weighted by Gasteiger charge is 2.38. The van der Waals surface area contributed by atoms with Crippen molar-refractivity contribution < 1.29 is 22.6 Å². The number of rotatable bonds is 3. The van der Waals surface area contributed by atoms with Crippen molar-refractivity contribution in [1.29, 1.82) is 0 Å². The van der Waals surface area contributed by atoms with Crippen LogP contribution in [0.5, 0.6) is 0 Å². The van der Waals surface area contributed by atoms with E-state index in [2.05, 4.69) is 15.2 Å². The van der Waals surface area contributed by atoms with Gasteiger partial charge >= 0.3 is 6.18 Å². The highest BCUT2D eigenvalue weighted by Crippen LogP contribution is 2.39. The molecule has 0 amide bonds. The molecule has 2 aliphatic heterocycles. The van der Waals surface area contributed by atoms with Crippen LogP contribution < -0.4 is 10.5 Å². The van der Waals surface area contributed by atoms with Crippen LogP contribution in [0.3, 0.4) is 0 Å². The molecule has 0 radical (unpaired) electrons. The van der Waals surface area contributed by atoms with Gasteiger partial charge in [-0.1, -0.05) is 0 Å². The van der Waals surface area contributed by atoms with E-state index in [-0.39, 0.29) is 29.3 Å². The third-order valence-corrected chi connectivity index (χ3v) is 5.02. The van der Waals surface area contributed by atoms with Gasteiger partial charge in [0.25, 0.3) is 5.56 Å². The molecule has 2 aliphatic rings. The molecule has 2 fully saturated rings. The van der Waals surface area contributed by atoms with Crippen LogP contribution in [-0.2, 0) is 15.7 Å². The number of nitrogens with zero attached hydrogens (tertiary/aromatic N) is 3. The van der Waals surface area contributed by atoms with E-state index in [4.69, 9.17) is 9.47 Å². The van der Waals surface area contributed by atoms with Crippen LogP contribution in [0.15, 0.2) is 29.2 Å². The van der Waals surface area contributed by atoms with Gasteiger partial charge in [-0.2, -0.15) is 18.3 Å². The molecule has 0 aromatic carbocycles. The number of alkyl halides is 3. The minimum atomic E-state index is -4.56. The average molecular weight is 396 g/mol.